The van der Waals surface area contributed by atoms with Gasteiger partial charge in [-0.05, 0) is 43.3 Å². The van der Waals surface area contributed by atoms with Gasteiger partial charge in [0.15, 0.2) is 0 Å². The van der Waals surface area contributed by atoms with E-state index in [-0.39, 0.29) is 12.0 Å². The molecule has 2 amide bonds. The van der Waals surface area contributed by atoms with Crippen molar-refractivity contribution in [3.05, 3.63) is 54.0 Å². The number of benzene rings is 1. The molecule has 4 rings (SSSR count). The quantitative estimate of drug-likeness (QED) is 0.665. The number of aryl methyl sites for hydroxylation is 1. The Hall–Kier alpha value is -3.42. The fourth-order valence-corrected chi connectivity index (χ4v) is 3.71. The maximum Gasteiger partial charge on any atom is 0.409 e. The Bertz CT molecular complexity index is 1100. The predicted molar refractivity (Wildman–Crippen MR) is 111 cm³/mol. The van der Waals surface area contributed by atoms with E-state index in [0.29, 0.717) is 54.9 Å². The van der Waals surface area contributed by atoms with E-state index in [1.807, 2.05) is 29.9 Å². The van der Waals surface area contributed by atoms with Crippen LogP contribution in [0.25, 0.3) is 22.3 Å². The minimum Gasteiger partial charge on any atom is -0.450 e. The average molecular weight is 410 g/mol. The molecule has 0 bridgehead atoms. The molecule has 0 saturated carbocycles. The highest BCUT2D eigenvalue weighted by molar-refractivity contribution is 6.07. The van der Waals surface area contributed by atoms with Gasteiger partial charge < -0.3 is 19.1 Å². The second-order valence-corrected chi connectivity index (χ2v) is 7.20. The van der Waals surface area contributed by atoms with Gasteiger partial charge in [-0.15, -0.1) is 0 Å². The summed E-state index contributed by atoms with van der Waals surface area (Å²) in [5, 5.41) is 0.478. The van der Waals surface area contributed by atoms with Crippen molar-refractivity contribution < 1.29 is 18.7 Å². The summed E-state index contributed by atoms with van der Waals surface area (Å²) >= 11 is 0. The summed E-state index contributed by atoms with van der Waals surface area (Å²) in [5.41, 5.74) is 2.47. The lowest BCUT2D eigenvalue weighted by molar-refractivity contribution is 0.0572. The molecule has 3 aromatic rings. The zero-order chi connectivity index (χ0) is 21.3. The molecule has 0 radical (unpaired) electrons. The Morgan fingerprint density at radius 1 is 1.10 bits per heavy atom. The van der Waals surface area contributed by atoms with Crippen LogP contribution in [0.2, 0.25) is 0 Å². The Balaban J connectivity index is 1.67. The van der Waals surface area contributed by atoms with Gasteiger partial charge in [-0.1, -0.05) is 0 Å². The van der Waals surface area contributed by atoms with Gasteiger partial charge in [-0.25, -0.2) is 14.2 Å². The van der Waals surface area contributed by atoms with Crippen LogP contribution in [0, 0.1) is 5.82 Å². The molecule has 1 aromatic carbocycles. The maximum atomic E-state index is 14.0. The highest BCUT2D eigenvalue weighted by Gasteiger charge is 2.27. The molecule has 30 heavy (non-hydrogen) atoms. The number of piperazine rings is 1. The molecule has 156 valence electrons. The Morgan fingerprint density at radius 3 is 2.50 bits per heavy atom. The molecule has 3 heterocycles. The van der Waals surface area contributed by atoms with Crippen molar-refractivity contribution in [3.8, 4) is 11.4 Å². The summed E-state index contributed by atoms with van der Waals surface area (Å²) in [6.07, 6.45) is 1.54. The number of pyridine rings is 1. The fourth-order valence-electron chi connectivity index (χ4n) is 3.71. The number of nitrogens with zero attached hydrogens (tertiary/aromatic N) is 4. The Morgan fingerprint density at radius 2 is 1.83 bits per heavy atom. The number of rotatable bonds is 3. The molecule has 2 aromatic heterocycles. The highest BCUT2D eigenvalue weighted by atomic mass is 19.1. The number of fused-ring (bicyclic) bond motifs is 1. The van der Waals surface area contributed by atoms with Gasteiger partial charge in [-0.3, -0.25) is 4.79 Å². The maximum absolute atomic E-state index is 14.0. The van der Waals surface area contributed by atoms with E-state index < -0.39 is 5.82 Å². The van der Waals surface area contributed by atoms with Crippen LogP contribution in [-0.4, -0.2) is 64.1 Å². The lowest BCUT2D eigenvalue weighted by Gasteiger charge is -2.34. The number of halogens is 1. The Kier molecular flexibility index (Phi) is 5.39. The van der Waals surface area contributed by atoms with Crippen LogP contribution in [0.5, 0.6) is 0 Å². The molecule has 1 saturated heterocycles. The van der Waals surface area contributed by atoms with Crippen LogP contribution in [0.15, 0.2) is 42.6 Å². The van der Waals surface area contributed by atoms with Crippen molar-refractivity contribution in [3.63, 3.8) is 0 Å². The van der Waals surface area contributed by atoms with E-state index in [1.54, 1.807) is 28.9 Å². The van der Waals surface area contributed by atoms with Crippen molar-refractivity contribution in [2.24, 2.45) is 7.05 Å². The number of hydrogen-bond acceptors (Lipinski definition) is 4. The van der Waals surface area contributed by atoms with Crippen LogP contribution in [0.4, 0.5) is 9.18 Å². The van der Waals surface area contributed by atoms with Crippen LogP contribution < -0.4 is 0 Å². The molecule has 0 aliphatic carbocycles. The minimum atomic E-state index is -0.419. The van der Waals surface area contributed by atoms with Gasteiger partial charge in [0.05, 0.1) is 29.1 Å². The van der Waals surface area contributed by atoms with Gasteiger partial charge in [0.2, 0.25) is 0 Å². The van der Waals surface area contributed by atoms with Crippen molar-refractivity contribution >= 4 is 22.9 Å². The van der Waals surface area contributed by atoms with Gasteiger partial charge in [0.1, 0.15) is 5.82 Å². The smallest absolute Gasteiger partial charge is 0.409 e. The molecule has 1 aliphatic rings. The number of hydrogen-bond donors (Lipinski definition) is 0. The van der Waals surface area contributed by atoms with Gasteiger partial charge >= 0.3 is 6.09 Å². The summed E-state index contributed by atoms with van der Waals surface area (Å²) in [4.78, 5) is 33.2. The van der Waals surface area contributed by atoms with Gasteiger partial charge in [0, 0.05) is 44.8 Å². The fraction of sp³-hybridized carbons (Fsp3) is 0.318. The predicted octanol–water partition coefficient (Wildman–Crippen LogP) is 3.29. The standard InChI is InChI=1S/C22H23FN4O3/c1-3-30-22(29)27-11-9-26(10-12-27)21(28)17-14-19(20-5-4-8-25(20)2)24-18-7-6-15(23)13-16(17)18/h4-8,13-14H,3,9-12H2,1-2H3. The molecule has 7 nitrogen and oxygen atoms in total. The van der Waals surface area contributed by atoms with Crippen LogP contribution >= 0.6 is 0 Å². The molecule has 1 fully saturated rings. The van der Waals surface area contributed by atoms with Crippen LogP contribution in [0.3, 0.4) is 0 Å². The average Bonchev–Trinajstić information content (AvgIpc) is 3.18. The van der Waals surface area contributed by atoms with E-state index in [9.17, 15) is 14.0 Å². The first kappa shape index (κ1) is 19.9. The lowest BCUT2D eigenvalue weighted by Crippen LogP contribution is -2.50. The molecular weight excluding hydrogens is 387 g/mol. The number of amides is 2. The SMILES string of the molecule is CCOC(=O)N1CCN(C(=O)c2cc(-c3cccn3C)nc3ccc(F)cc23)CC1. The van der Waals surface area contributed by atoms with E-state index in [1.165, 1.54) is 12.1 Å². The first-order valence-electron chi connectivity index (χ1n) is 9.91. The van der Waals surface area contributed by atoms with E-state index in [0.717, 1.165) is 5.69 Å². The van der Waals surface area contributed by atoms with Crippen molar-refractivity contribution in [1.29, 1.82) is 0 Å². The zero-order valence-corrected chi connectivity index (χ0v) is 17.0. The lowest BCUT2D eigenvalue weighted by atomic mass is 10.0. The summed E-state index contributed by atoms with van der Waals surface area (Å²) in [6, 6.07) is 9.82. The van der Waals surface area contributed by atoms with Crippen molar-refractivity contribution in [1.82, 2.24) is 19.4 Å². The first-order valence-corrected chi connectivity index (χ1v) is 9.91. The van der Waals surface area contributed by atoms with Crippen LogP contribution in [-0.2, 0) is 11.8 Å². The Labute approximate surface area is 173 Å². The molecular formula is C22H23FN4O3. The zero-order valence-electron chi connectivity index (χ0n) is 17.0. The minimum absolute atomic E-state index is 0.202. The van der Waals surface area contributed by atoms with Gasteiger partial charge in [0.25, 0.3) is 5.91 Å². The van der Waals surface area contributed by atoms with E-state index >= 15 is 0 Å². The molecule has 1 aliphatic heterocycles. The third-order valence-corrected chi connectivity index (χ3v) is 5.30. The second-order valence-electron chi connectivity index (χ2n) is 7.20. The van der Waals surface area contributed by atoms with E-state index in [4.69, 9.17) is 4.74 Å². The summed E-state index contributed by atoms with van der Waals surface area (Å²) in [5.74, 6) is -0.621. The molecule has 0 N–H and O–H groups in total. The molecule has 0 spiro atoms. The summed E-state index contributed by atoms with van der Waals surface area (Å²) in [7, 11) is 1.90. The third kappa shape index (κ3) is 3.72. The number of aromatic nitrogens is 2. The normalized spacial score (nSPS) is 14.2. The molecule has 0 atom stereocenters. The monoisotopic (exact) mass is 410 g/mol. The molecule has 0 unspecified atom stereocenters. The topological polar surface area (TPSA) is 67.7 Å². The van der Waals surface area contributed by atoms with Gasteiger partial charge in [-0.2, -0.15) is 0 Å². The summed E-state index contributed by atoms with van der Waals surface area (Å²) in [6.45, 7) is 3.63. The van der Waals surface area contributed by atoms with Crippen LogP contribution in [0.1, 0.15) is 17.3 Å². The molecule has 8 heteroatoms. The largest absolute Gasteiger partial charge is 0.450 e. The van der Waals surface area contributed by atoms with Crippen molar-refractivity contribution in [2.75, 3.05) is 32.8 Å². The number of carbonyl (C=O) groups excluding carboxylic acids is 2. The number of carbonyl (C=O) groups is 2. The first-order chi connectivity index (χ1) is 14.5. The second kappa shape index (κ2) is 8.14. The summed E-state index contributed by atoms with van der Waals surface area (Å²) < 4.78 is 20.9. The van der Waals surface area contributed by atoms with E-state index in [2.05, 4.69) is 4.98 Å². The number of ether oxygens (including phenoxy) is 1. The highest BCUT2D eigenvalue weighted by Crippen LogP contribution is 2.27. The van der Waals surface area contributed by atoms with Crippen molar-refractivity contribution in [2.45, 2.75) is 6.92 Å². The third-order valence-electron chi connectivity index (χ3n) is 5.30.